The number of likely N-dealkylation sites (tertiary alicyclic amines) is 2. The van der Waals surface area contributed by atoms with Crippen LogP contribution in [0.2, 0.25) is 0 Å². The topological polar surface area (TPSA) is 18.5 Å². The fraction of sp³-hybridized carbons (Fsp3) is 1.00. The number of rotatable bonds is 7. The minimum absolute atomic E-state index is 0.662. The Morgan fingerprint density at radius 2 is 1.85 bits per heavy atom. The number of hydrogen-bond donors (Lipinski definition) is 1. The molecule has 0 spiro atoms. The highest BCUT2D eigenvalue weighted by molar-refractivity contribution is 4.90. The van der Waals surface area contributed by atoms with Crippen LogP contribution < -0.4 is 5.32 Å². The molecule has 3 unspecified atom stereocenters. The zero-order valence-electron chi connectivity index (χ0n) is 13.9. The van der Waals surface area contributed by atoms with Crippen LogP contribution in [-0.4, -0.2) is 60.6 Å². The van der Waals surface area contributed by atoms with Gasteiger partial charge in [-0.1, -0.05) is 20.3 Å². The SMILES string of the molecule is CCCNC(CC)C(C)N1CCC(N2CCCCC2)C1. The van der Waals surface area contributed by atoms with Gasteiger partial charge in [-0.3, -0.25) is 9.80 Å². The van der Waals surface area contributed by atoms with Crippen molar-refractivity contribution in [3.63, 3.8) is 0 Å². The predicted octanol–water partition coefficient (Wildman–Crippen LogP) is 2.71. The van der Waals surface area contributed by atoms with Gasteiger partial charge in [0.05, 0.1) is 0 Å². The van der Waals surface area contributed by atoms with E-state index in [4.69, 9.17) is 0 Å². The third-order valence-electron chi connectivity index (χ3n) is 5.36. The lowest BCUT2D eigenvalue weighted by Gasteiger charge is -2.35. The number of hydrogen-bond acceptors (Lipinski definition) is 3. The van der Waals surface area contributed by atoms with Gasteiger partial charge in [-0.25, -0.2) is 0 Å². The van der Waals surface area contributed by atoms with Gasteiger partial charge in [0.1, 0.15) is 0 Å². The van der Waals surface area contributed by atoms with Crippen molar-refractivity contribution in [3.8, 4) is 0 Å². The Kier molecular flexibility index (Phi) is 6.79. The van der Waals surface area contributed by atoms with Crippen LogP contribution in [-0.2, 0) is 0 Å². The molecule has 0 saturated carbocycles. The lowest BCUT2D eigenvalue weighted by Crippen LogP contribution is -2.49. The van der Waals surface area contributed by atoms with Gasteiger partial charge in [0.15, 0.2) is 0 Å². The molecular weight excluding hydrogens is 246 g/mol. The molecular formula is C17H35N3. The largest absolute Gasteiger partial charge is 0.312 e. The third-order valence-corrected chi connectivity index (χ3v) is 5.36. The van der Waals surface area contributed by atoms with Crippen molar-refractivity contribution in [3.05, 3.63) is 0 Å². The van der Waals surface area contributed by atoms with E-state index in [9.17, 15) is 0 Å². The first-order valence-corrected chi connectivity index (χ1v) is 8.97. The second-order valence-electron chi connectivity index (χ2n) is 6.74. The van der Waals surface area contributed by atoms with Crippen LogP contribution in [0.1, 0.15) is 59.3 Å². The van der Waals surface area contributed by atoms with Crippen molar-refractivity contribution in [1.82, 2.24) is 15.1 Å². The van der Waals surface area contributed by atoms with Gasteiger partial charge in [0.2, 0.25) is 0 Å². The number of piperidine rings is 1. The third kappa shape index (κ3) is 4.19. The predicted molar refractivity (Wildman–Crippen MR) is 87.2 cm³/mol. The maximum atomic E-state index is 3.73. The van der Waals surface area contributed by atoms with E-state index in [2.05, 4.69) is 35.9 Å². The second-order valence-corrected chi connectivity index (χ2v) is 6.74. The molecule has 118 valence electrons. The van der Waals surface area contributed by atoms with Gasteiger partial charge in [0.25, 0.3) is 0 Å². The monoisotopic (exact) mass is 281 g/mol. The summed E-state index contributed by atoms with van der Waals surface area (Å²) in [6, 6.07) is 2.18. The Bertz CT molecular complexity index is 263. The van der Waals surface area contributed by atoms with Gasteiger partial charge < -0.3 is 5.32 Å². The van der Waals surface area contributed by atoms with Gasteiger partial charge in [-0.2, -0.15) is 0 Å². The van der Waals surface area contributed by atoms with Crippen LogP contribution >= 0.6 is 0 Å². The van der Waals surface area contributed by atoms with Crippen molar-refractivity contribution >= 4 is 0 Å². The Balaban J connectivity index is 1.80. The fourth-order valence-electron chi connectivity index (χ4n) is 3.96. The number of nitrogens with zero attached hydrogens (tertiary/aromatic N) is 2. The smallest absolute Gasteiger partial charge is 0.0235 e. The average Bonchev–Trinajstić information content (AvgIpc) is 2.98. The molecule has 2 aliphatic heterocycles. The van der Waals surface area contributed by atoms with Crippen LogP contribution in [0.5, 0.6) is 0 Å². The minimum atomic E-state index is 0.662. The van der Waals surface area contributed by atoms with Crippen LogP contribution in [0.4, 0.5) is 0 Å². The van der Waals surface area contributed by atoms with Crippen molar-refractivity contribution in [2.75, 3.05) is 32.7 Å². The van der Waals surface area contributed by atoms with Crippen molar-refractivity contribution in [2.24, 2.45) is 0 Å². The molecule has 3 heteroatoms. The van der Waals surface area contributed by atoms with E-state index < -0.39 is 0 Å². The molecule has 0 aliphatic carbocycles. The van der Waals surface area contributed by atoms with Crippen molar-refractivity contribution in [1.29, 1.82) is 0 Å². The summed E-state index contributed by atoms with van der Waals surface area (Å²) in [5, 5.41) is 3.73. The van der Waals surface area contributed by atoms with Crippen molar-refractivity contribution in [2.45, 2.75) is 77.4 Å². The summed E-state index contributed by atoms with van der Waals surface area (Å²) in [6.45, 7) is 13.4. The first-order valence-electron chi connectivity index (χ1n) is 8.97. The Morgan fingerprint density at radius 1 is 1.10 bits per heavy atom. The van der Waals surface area contributed by atoms with Crippen LogP contribution in [0.25, 0.3) is 0 Å². The average molecular weight is 281 g/mol. The van der Waals surface area contributed by atoms with Crippen LogP contribution in [0.3, 0.4) is 0 Å². The molecule has 0 amide bonds. The lowest BCUT2D eigenvalue weighted by atomic mass is 10.1. The molecule has 0 aromatic heterocycles. The minimum Gasteiger partial charge on any atom is -0.312 e. The molecule has 2 rings (SSSR count). The maximum Gasteiger partial charge on any atom is 0.0235 e. The molecule has 20 heavy (non-hydrogen) atoms. The van der Waals surface area contributed by atoms with Gasteiger partial charge >= 0.3 is 0 Å². The molecule has 1 N–H and O–H groups in total. The molecule has 0 radical (unpaired) electrons. The van der Waals surface area contributed by atoms with Gasteiger partial charge in [-0.05, 0) is 58.7 Å². The summed E-state index contributed by atoms with van der Waals surface area (Å²) in [5.41, 5.74) is 0. The molecule has 2 saturated heterocycles. The van der Waals surface area contributed by atoms with E-state index in [-0.39, 0.29) is 0 Å². The zero-order valence-corrected chi connectivity index (χ0v) is 13.9. The summed E-state index contributed by atoms with van der Waals surface area (Å²) in [7, 11) is 0. The zero-order chi connectivity index (χ0) is 14.4. The maximum absolute atomic E-state index is 3.73. The summed E-state index contributed by atoms with van der Waals surface area (Å²) < 4.78 is 0. The molecule has 0 bridgehead atoms. The highest BCUT2D eigenvalue weighted by Gasteiger charge is 2.32. The van der Waals surface area contributed by atoms with E-state index in [1.54, 1.807) is 0 Å². The summed E-state index contributed by atoms with van der Waals surface area (Å²) in [6.07, 6.45) is 8.14. The standard InChI is InChI=1S/C17H35N3/c1-4-10-18-17(5-2)15(3)20-13-9-16(14-20)19-11-7-6-8-12-19/h15-18H,4-14H2,1-3H3. The molecule has 0 aromatic rings. The highest BCUT2D eigenvalue weighted by atomic mass is 15.3. The van der Waals surface area contributed by atoms with Crippen LogP contribution in [0.15, 0.2) is 0 Å². The molecule has 3 atom stereocenters. The van der Waals surface area contributed by atoms with Gasteiger partial charge in [-0.15, -0.1) is 0 Å². The summed E-state index contributed by atoms with van der Waals surface area (Å²) in [5.74, 6) is 0. The normalized spacial score (nSPS) is 28.6. The fourth-order valence-corrected chi connectivity index (χ4v) is 3.96. The summed E-state index contributed by atoms with van der Waals surface area (Å²) in [4.78, 5) is 5.49. The quantitative estimate of drug-likeness (QED) is 0.774. The van der Waals surface area contributed by atoms with Crippen LogP contribution in [0, 0.1) is 0 Å². The van der Waals surface area contributed by atoms with E-state index in [1.165, 1.54) is 64.7 Å². The molecule has 3 nitrogen and oxygen atoms in total. The van der Waals surface area contributed by atoms with E-state index >= 15 is 0 Å². The summed E-state index contributed by atoms with van der Waals surface area (Å²) >= 11 is 0. The first-order chi connectivity index (χ1) is 9.76. The highest BCUT2D eigenvalue weighted by Crippen LogP contribution is 2.23. The van der Waals surface area contributed by atoms with E-state index in [0.29, 0.717) is 12.1 Å². The first kappa shape index (κ1) is 16.3. The van der Waals surface area contributed by atoms with E-state index in [0.717, 1.165) is 12.6 Å². The molecule has 2 heterocycles. The Morgan fingerprint density at radius 3 is 2.50 bits per heavy atom. The van der Waals surface area contributed by atoms with E-state index in [1.807, 2.05) is 0 Å². The second kappa shape index (κ2) is 8.35. The molecule has 2 aliphatic rings. The Labute approximate surface area is 126 Å². The molecule has 0 aromatic carbocycles. The van der Waals surface area contributed by atoms with Gasteiger partial charge in [0, 0.05) is 31.2 Å². The Hall–Kier alpha value is -0.120. The number of nitrogens with one attached hydrogen (secondary N) is 1. The van der Waals surface area contributed by atoms with Crippen molar-refractivity contribution < 1.29 is 0 Å². The molecule has 2 fully saturated rings. The lowest BCUT2D eigenvalue weighted by molar-refractivity contribution is 0.144.